The average Bonchev–Trinajstić information content (AvgIpc) is 3.18. The summed E-state index contributed by atoms with van der Waals surface area (Å²) in [5, 5.41) is 11.7. The molecule has 3 aromatic rings. The minimum absolute atomic E-state index is 0.00395. The normalized spacial score (nSPS) is 17.0. The van der Waals surface area contributed by atoms with E-state index in [9.17, 15) is 14.7 Å². The van der Waals surface area contributed by atoms with Crippen LogP contribution in [0.2, 0.25) is 0 Å². The molecular weight excluding hydrogens is 502 g/mol. The number of nitrogens with zero attached hydrogens (tertiary/aromatic N) is 1. The van der Waals surface area contributed by atoms with Crippen LogP contribution in [0.25, 0.3) is 5.76 Å². The van der Waals surface area contributed by atoms with Crippen LogP contribution in [0.3, 0.4) is 0 Å². The van der Waals surface area contributed by atoms with Gasteiger partial charge in [0.2, 0.25) is 0 Å². The minimum atomic E-state index is -0.799. The van der Waals surface area contributed by atoms with E-state index < -0.39 is 17.7 Å². The van der Waals surface area contributed by atoms with Crippen molar-refractivity contribution in [2.75, 3.05) is 11.5 Å². The predicted molar refractivity (Wildman–Crippen MR) is 159 cm³/mol. The number of aliphatic hydroxyl groups excluding tert-OH is 1. The van der Waals surface area contributed by atoms with Crippen LogP contribution in [0.1, 0.15) is 76.8 Å². The fourth-order valence-corrected chi connectivity index (χ4v) is 5.01. The van der Waals surface area contributed by atoms with Crippen LogP contribution in [0.4, 0.5) is 5.69 Å². The highest BCUT2D eigenvalue weighted by atomic mass is 16.5. The summed E-state index contributed by atoms with van der Waals surface area (Å²) < 4.78 is 11.6. The number of benzene rings is 3. The van der Waals surface area contributed by atoms with Gasteiger partial charge in [0.25, 0.3) is 11.7 Å². The van der Waals surface area contributed by atoms with Gasteiger partial charge in [-0.15, -0.1) is 0 Å². The minimum Gasteiger partial charge on any atom is -0.507 e. The van der Waals surface area contributed by atoms with Crippen molar-refractivity contribution in [2.24, 2.45) is 0 Å². The summed E-state index contributed by atoms with van der Waals surface area (Å²) in [7, 11) is 0. The topological polar surface area (TPSA) is 76.1 Å². The molecule has 1 amide bonds. The molecule has 0 bridgehead atoms. The molecule has 0 spiro atoms. The van der Waals surface area contributed by atoms with Crippen LogP contribution in [-0.4, -0.2) is 29.5 Å². The van der Waals surface area contributed by atoms with Gasteiger partial charge in [-0.3, -0.25) is 14.5 Å². The monoisotopic (exact) mass is 541 g/mol. The van der Waals surface area contributed by atoms with Gasteiger partial charge >= 0.3 is 0 Å². The number of hydrogen-bond donors (Lipinski definition) is 1. The van der Waals surface area contributed by atoms with Crippen molar-refractivity contribution < 1.29 is 24.2 Å². The van der Waals surface area contributed by atoms with Crippen LogP contribution >= 0.6 is 0 Å². The molecule has 0 aromatic heterocycles. The van der Waals surface area contributed by atoms with Crippen LogP contribution in [0, 0.1) is 0 Å². The molecule has 6 nitrogen and oxygen atoms in total. The third-order valence-electron chi connectivity index (χ3n) is 7.00. The van der Waals surface area contributed by atoms with Crippen molar-refractivity contribution in [1.82, 2.24) is 0 Å². The van der Waals surface area contributed by atoms with Crippen LogP contribution in [0.5, 0.6) is 11.5 Å². The number of rotatable bonds is 8. The second-order valence-corrected chi connectivity index (χ2v) is 11.3. The Bertz CT molecular complexity index is 1410. The van der Waals surface area contributed by atoms with Gasteiger partial charge in [-0.2, -0.15) is 0 Å². The van der Waals surface area contributed by atoms with E-state index in [-0.39, 0.29) is 22.9 Å². The van der Waals surface area contributed by atoms with Crippen molar-refractivity contribution in [2.45, 2.75) is 72.4 Å². The number of amides is 1. The summed E-state index contributed by atoms with van der Waals surface area (Å²) in [5.74, 6) is -0.231. The fraction of sp³-hybridized carbons (Fsp3) is 0.353. The average molecular weight is 542 g/mol. The molecule has 1 heterocycles. The zero-order valence-electron chi connectivity index (χ0n) is 24.4. The maximum atomic E-state index is 13.6. The standard InChI is InChI=1S/C34H39NO5/c1-8-22-10-12-23(13-11-22)30-29(31(36)24-14-19-28(39-9-2)27(20-24)34(5,6)7)32(37)33(38)35(30)25-15-17-26(18-16-25)40-21(3)4/h10-21,30,36H,8-9H2,1-7H3/b31-29-. The van der Waals surface area contributed by atoms with Gasteiger partial charge in [0.1, 0.15) is 17.3 Å². The molecule has 40 heavy (non-hydrogen) atoms. The smallest absolute Gasteiger partial charge is 0.300 e. The summed E-state index contributed by atoms with van der Waals surface area (Å²) in [4.78, 5) is 28.6. The van der Waals surface area contributed by atoms with E-state index in [1.807, 2.05) is 57.2 Å². The van der Waals surface area contributed by atoms with Crippen LogP contribution < -0.4 is 14.4 Å². The maximum absolute atomic E-state index is 13.6. The Morgan fingerprint density at radius 2 is 1.60 bits per heavy atom. The van der Waals surface area contributed by atoms with Crippen molar-refractivity contribution in [1.29, 1.82) is 0 Å². The van der Waals surface area contributed by atoms with Gasteiger partial charge in [0.05, 0.1) is 24.3 Å². The first kappa shape index (κ1) is 28.9. The Kier molecular flexibility index (Phi) is 8.38. The van der Waals surface area contributed by atoms with E-state index in [1.165, 1.54) is 4.90 Å². The Hall–Kier alpha value is -4.06. The Balaban J connectivity index is 1.89. The lowest BCUT2D eigenvalue weighted by molar-refractivity contribution is -0.132. The van der Waals surface area contributed by atoms with Crippen molar-refractivity contribution in [3.63, 3.8) is 0 Å². The molecule has 1 unspecified atom stereocenters. The lowest BCUT2D eigenvalue weighted by Gasteiger charge is -2.26. The van der Waals surface area contributed by atoms with E-state index in [4.69, 9.17) is 9.47 Å². The van der Waals surface area contributed by atoms with Crippen molar-refractivity contribution in [3.8, 4) is 11.5 Å². The number of carbonyl (C=O) groups is 2. The fourth-order valence-electron chi connectivity index (χ4n) is 5.01. The number of ketones is 1. The molecular formula is C34H39NO5. The summed E-state index contributed by atoms with van der Waals surface area (Å²) in [5.41, 5.74) is 3.56. The molecule has 3 aromatic carbocycles. The molecule has 0 aliphatic carbocycles. The van der Waals surface area contributed by atoms with E-state index in [0.29, 0.717) is 23.6 Å². The number of Topliss-reactive ketones (excluding diaryl/α,β-unsaturated/α-hetero) is 1. The Labute approximate surface area is 237 Å². The predicted octanol–water partition coefficient (Wildman–Crippen LogP) is 7.36. The van der Waals surface area contributed by atoms with E-state index in [0.717, 1.165) is 28.9 Å². The highest BCUT2D eigenvalue weighted by Gasteiger charge is 2.47. The first-order valence-electron chi connectivity index (χ1n) is 13.9. The third kappa shape index (κ3) is 5.76. The van der Waals surface area contributed by atoms with E-state index in [2.05, 4.69) is 27.7 Å². The molecule has 0 radical (unpaired) electrons. The van der Waals surface area contributed by atoms with Gasteiger partial charge in [0.15, 0.2) is 0 Å². The summed E-state index contributed by atoms with van der Waals surface area (Å²) in [6, 6.07) is 19.5. The largest absolute Gasteiger partial charge is 0.507 e. The molecule has 210 valence electrons. The first-order chi connectivity index (χ1) is 19.0. The summed E-state index contributed by atoms with van der Waals surface area (Å²) in [6.07, 6.45) is 0.865. The van der Waals surface area contributed by atoms with Gasteiger partial charge < -0.3 is 14.6 Å². The lowest BCUT2D eigenvalue weighted by atomic mass is 9.84. The number of aliphatic hydroxyl groups is 1. The summed E-state index contributed by atoms with van der Waals surface area (Å²) in [6.45, 7) is 14.6. The molecule has 0 saturated carbocycles. The maximum Gasteiger partial charge on any atom is 0.300 e. The Morgan fingerprint density at radius 3 is 2.15 bits per heavy atom. The van der Waals surface area contributed by atoms with Gasteiger partial charge in [-0.25, -0.2) is 0 Å². The second kappa shape index (κ2) is 11.6. The second-order valence-electron chi connectivity index (χ2n) is 11.3. The van der Waals surface area contributed by atoms with Gasteiger partial charge in [-0.1, -0.05) is 52.0 Å². The van der Waals surface area contributed by atoms with Gasteiger partial charge in [0, 0.05) is 16.8 Å². The van der Waals surface area contributed by atoms with Crippen molar-refractivity contribution >= 4 is 23.1 Å². The molecule has 1 N–H and O–H groups in total. The summed E-state index contributed by atoms with van der Waals surface area (Å²) >= 11 is 0. The third-order valence-corrected chi connectivity index (χ3v) is 7.00. The van der Waals surface area contributed by atoms with Crippen LogP contribution in [0.15, 0.2) is 72.3 Å². The number of anilines is 1. The molecule has 1 saturated heterocycles. The molecule has 1 fully saturated rings. The number of ether oxygens (including phenoxy) is 2. The van der Waals surface area contributed by atoms with Crippen LogP contribution in [-0.2, 0) is 21.4 Å². The zero-order valence-corrected chi connectivity index (χ0v) is 24.4. The quantitative estimate of drug-likeness (QED) is 0.183. The SMILES string of the molecule is CCOc1ccc(/C(O)=C2/C(=O)C(=O)N(c3ccc(OC(C)C)cc3)C2c2ccc(CC)cc2)cc1C(C)(C)C. The molecule has 1 aliphatic rings. The Morgan fingerprint density at radius 1 is 0.950 bits per heavy atom. The molecule has 4 rings (SSSR count). The zero-order chi connectivity index (χ0) is 29.2. The van der Waals surface area contributed by atoms with Crippen molar-refractivity contribution in [3.05, 3.63) is 94.6 Å². The molecule has 1 atom stereocenters. The van der Waals surface area contributed by atoms with E-state index in [1.54, 1.807) is 30.3 Å². The molecule has 1 aliphatic heterocycles. The highest BCUT2D eigenvalue weighted by molar-refractivity contribution is 6.51. The van der Waals surface area contributed by atoms with E-state index >= 15 is 0 Å². The number of hydrogen-bond acceptors (Lipinski definition) is 5. The van der Waals surface area contributed by atoms with Gasteiger partial charge in [-0.05, 0) is 86.2 Å². The first-order valence-corrected chi connectivity index (χ1v) is 13.9. The highest BCUT2D eigenvalue weighted by Crippen LogP contribution is 2.43. The molecule has 6 heteroatoms. The lowest BCUT2D eigenvalue weighted by Crippen LogP contribution is -2.29. The number of aryl methyl sites for hydroxylation is 1. The number of carbonyl (C=O) groups excluding carboxylic acids is 2.